The van der Waals surface area contributed by atoms with E-state index >= 15 is 4.39 Å². The van der Waals surface area contributed by atoms with Gasteiger partial charge in [-0.3, -0.25) is 19.2 Å². The molecule has 1 aliphatic heterocycles. The molecule has 0 bridgehead atoms. The van der Waals surface area contributed by atoms with Crippen molar-refractivity contribution in [3.05, 3.63) is 23.8 Å². The summed E-state index contributed by atoms with van der Waals surface area (Å²) in [6.45, 7) is 6.29. The number of hydrogen-bond acceptors (Lipinski definition) is 7. The van der Waals surface area contributed by atoms with Gasteiger partial charge in [0.25, 0.3) is 0 Å². The number of hydrogen-bond donors (Lipinski definition) is 0. The molecule has 34 heavy (non-hydrogen) atoms. The molecule has 0 aromatic rings. The molecule has 0 aromatic carbocycles. The zero-order chi connectivity index (χ0) is 24.7. The van der Waals surface area contributed by atoms with E-state index in [-0.39, 0.29) is 36.6 Å². The number of ether oxygens (including phenoxy) is 3. The molecule has 4 aliphatic carbocycles. The van der Waals surface area contributed by atoms with Crippen LogP contribution in [0.5, 0.6) is 0 Å². The van der Waals surface area contributed by atoms with Crippen molar-refractivity contribution in [1.29, 1.82) is 0 Å². The summed E-state index contributed by atoms with van der Waals surface area (Å²) in [5.74, 6) is -2.09. The minimum atomic E-state index is -1.46. The first kappa shape index (κ1) is 23.4. The van der Waals surface area contributed by atoms with Gasteiger partial charge in [-0.1, -0.05) is 19.9 Å². The molecule has 5 aliphatic rings. The maximum absolute atomic E-state index is 15.6. The minimum absolute atomic E-state index is 0.105. The number of Topliss-reactive ketones (excluding diaryl/α,β-unsaturated/α-hetero) is 1. The summed E-state index contributed by atoms with van der Waals surface area (Å²) in [5, 5.41) is 0. The van der Waals surface area contributed by atoms with Crippen molar-refractivity contribution in [2.75, 3.05) is 6.61 Å². The maximum Gasteiger partial charge on any atom is 0.306 e. The molecule has 8 heteroatoms. The number of fused-ring (bicyclic) bond motifs is 3. The van der Waals surface area contributed by atoms with E-state index in [1.807, 2.05) is 13.8 Å². The Balaban J connectivity index is 1.56. The van der Waals surface area contributed by atoms with Crippen LogP contribution >= 0.6 is 0 Å². The Morgan fingerprint density at radius 3 is 2.65 bits per heavy atom. The number of halogens is 1. The molecule has 1 spiro atoms. The van der Waals surface area contributed by atoms with E-state index in [9.17, 15) is 19.2 Å². The first-order valence-electron chi connectivity index (χ1n) is 12.1. The van der Waals surface area contributed by atoms with Crippen LogP contribution in [0.1, 0.15) is 59.8 Å². The molecule has 0 aromatic heterocycles. The second-order valence-electron chi connectivity index (χ2n) is 10.9. The third kappa shape index (κ3) is 2.77. The van der Waals surface area contributed by atoms with E-state index in [1.165, 1.54) is 19.1 Å². The molecular formula is C26H31FO7. The van der Waals surface area contributed by atoms with Crippen molar-refractivity contribution in [3.8, 4) is 0 Å². The van der Waals surface area contributed by atoms with E-state index in [4.69, 9.17) is 14.2 Å². The molecule has 1 heterocycles. The fourth-order valence-electron chi connectivity index (χ4n) is 7.86. The summed E-state index contributed by atoms with van der Waals surface area (Å²) in [6, 6.07) is 0. The van der Waals surface area contributed by atoms with Crippen LogP contribution in [0.3, 0.4) is 0 Å². The lowest BCUT2D eigenvalue weighted by Gasteiger charge is -2.56. The molecule has 4 fully saturated rings. The van der Waals surface area contributed by atoms with Gasteiger partial charge in [-0.2, -0.15) is 0 Å². The molecule has 8 atom stereocenters. The minimum Gasteiger partial charge on any atom is -0.458 e. The first-order chi connectivity index (χ1) is 15.9. The first-order valence-corrected chi connectivity index (χ1v) is 12.1. The van der Waals surface area contributed by atoms with Crippen LogP contribution in [0.2, 0.25) is 0 Å². The van der Waals surface area contributed by atoms with Gasteiger partial charge in [-0.25, -0.2) is 4.39 Å². The zero-order valence-corrected chi connectivity index (χ0v) is 20.0. The van der Waals surface area contributed by atoms with Crippen LogP contribution in [0.25, 0.3) is 0 Å². The summed E-state index contributed by atoms with van der Waals surface area (Å²) >= 11 is 0. The van der Waals surface area contributed by atoms with Crippen molar-refractivity contribution in [3.63, 3.8) is 0 Å². The van der Waals surface area contributed by atoms with Gasteiger partial charge in [0, 0.05) is 24.2 Å². The van der Waals surface area contributed by atoms with Gasteiger partial charge >= 0.3 is 11.9 Å². The fraction of sp³-hybridized carbons (Fsp3) is 0.692. The average Bonchev–Trinajstić information content (AvgIpc) is 3.44. The van der Waals surface area contributed by atoms with Gasteiger partial charge in [-0.05, 0) is 62.2 Å². The van der Waals surface area contributed by atoms with Crippen molar-refractivity contribution in [2.24, 2.45) is 22.7 Å². The van der Waals surface area contributed by atoms with Gasteiger partial charge in [0.1, 0.15) is 11.8 Å². The van der Waals surface area contributed by atoms with Crippen molar-refractivity contribution in [1.82, 2.24) is 0 Å². The number of esters is 2. The normalized spacial score (nSPS) is 45.8. The second-order valence-corrected chi connectivity index (χ2v) is 10.9. The van der Waals surface area contributed by atoms with Crippen molar-refractivity contribution >= 4 is 23.5 Å². The third-order valence-electron chi connectivity index (χ3n) is 9.47. The predicted molar refractivity (Wildman–Crippen MR) is 117 cm³/mol. The highest BCUT2D eigenvalue weighted by Crippen LogP contribution is 2.76. The molecule has 0 N–H and O–H groups in total. The largest absolute Gasteiger partial charge is 0.458 e. The summed E-state index contributed by atoms with van der Waals surface area (Å²) < 4.78 is 33.0. The summed E-state index contributed by atoms with van der Waals surface area (Å²) in [6.07, 6.45) is 4.73. The molecule has 2 unspecified atom stereocenters. The van der Waals surface area contributed by atoms with Crippen LogP contribution in [-0.2, 0) is 33.4 Å². The molecule has 3 saturated carbocycles. The third-order valence-corrected chi connectivity index (χ3v) is 9.47. The SMILES string of the molecule is CCC(=O)O[C@]1(C(=O)COC(C)=O)CC[C@H]2[C@@H]3CC(F)C4=CC(=O)C=C[C@]4(C)[C@]34OC4C[C@@]21C. The Hall–Kier alpha value is -2.35. The van der Waals surface area contributed by atoms with Crippen LogP contribution < -0.4 is 0 Å². The predicted octanol–water partition coefficient (Wildman–Crippen LogP) is 3.20. The maximum atomic E-state index is 15.6. The summed E-state index contributed by atoms with van der Waals surface area (Å²) in [4.78, 5) is 49.5. The van der Waals surface area contributed by atoms with Crippen LogP contribution in [-0.4, -0.2) is 53.6 Å². The monoisotopic (exact) mass is 474 g/mol. The second kappa shape index (κ2) is 7.33. The van der Waals surface area contributed by atoms with Crippen LogP contribution in [0.4, 0.5) is 4.39 Å². The topological polar surface area (TPSA) is 99.3 Å². The lowest BCUT2D eigenvalue weighted by atomic mass is 9.46. The van der Waals surface area contributed by atoms with Gasteiger partial charge in [0.2, 0.25) is 5.78 Å². The number of ketones is 2. The molecule has 1 saturated heterocycles. The Bertz CT molecular complexity index is 1050. The lowest BCUT2D eigenvalue weighted by molar-refractivity contribution is -0.189. The van der Waals surface area contributed by atoms with Crippen molar-refractivity contribution < 1.29 is 37.8 Å². The number of carbonyl (C=O) groups is 4. The van der Waals surface area contributed by atoms with E-state index in [0.717, 1.165) is 0 Å². The number of carbonyl (C=O) groups excluding carboxylic acids is 4. The molecule has 7 nitrogen and oxygen atoms in total. The average molecular weight is 475 g/mol. The Labute approximate surface area is 198 Å². The number of rotatable bonds is 5. The van der Waals surface area contributed by atoms with Crippen LogP contribution in [0, 0.1) is 22.7 Å². The van der Waals surface area contributed by atoms with E-state index in [2.05, 4.69) is 0 Å². The number of alkyl halides is 1. The molecular weight excluding hydrogens is 443 g/mol. The van der Waals surface area contributed by atoms with Crippen molar-refractivity contribution in [2.45, 2.75) is 83.3 Å². The van der Waals surface area contributed by atoms with Gasteiger partial charge in [0.05, 0.1) is 6.10 Å². The standard InChI is InChI=1S/C26H31FO7/c1-5-22(31)34-25(20(30)13-32-14(2)28)9-7-16-17-11-19(27)18-10-15(29)6-8-23(18,3)26(17)21(33-26)12-24(16,25)4/h6,8,10,16-17,19,21H,5,7,9,11-13H2,1-4H3/t16-,17-,19?,21?,23-,24-,25-,26-/m0/s1. The molecule has 184 valence electrons. The number of allylic oxidation sites excluding steroid dienone is 2. The smallest absolute Gasteiger partial charge is 0.306 e. The fourth-order valence-corrected chi connectivity index (χ4v) is 7.86. The zero-order valence-electron chi connectivity index (χ0n) is 20.0. The van der Waals surface area contributed by atoms with Crippen LogP contribution in [0.15, 0.2) is 23.8 Å². The summed E-state index contributed by atoms with van der Waals surface area (Å²) in [5.41, 5.74) is -3.18. The highest BCUT2D eigenvalue weighted by atomic mass is 19.1. The lowest BCUT2D eigenvalue weighted by Crippen LogP contribution is -2.63. The Morgan fingerprint density at radius 1 is 1.24 bits per heavy atom. The highest BCUT2D eigenvalue weighted by molar-refractivity contribution is 6.01. The number of epoxide rings is 1. The molecule has 5 rings (SSSR count). The van der Waals surface area contributed by atoms with E-state index in [1.54, 1.807) is 13.0 Å². The van der Waals surface area contributed by atoms with Gasteiger partial charge < -0.3 is 14.2 Å². The van der Waals surface area contributed by atoms with Gasteiger partial charge in [0.15, 0.2) is 18.0 Å². The Kier molecular flexibility index (Phi) is 5.04. The van der Waals surface area contributed by atoms with E-state index in [0.29, 0.717) is 24.8 Å². The highest BCUT2D eigenvalue weighted by Gasteiger charge is 2.82. The molecule has 0 amide bonds. The Morgan fingerprint density at radius 2 is 1.97 bits per heavy atom. The quantitative estimate of drug-likeness (QED) is 0.446. The summed E-state index contributed by atoms with van der Waals surface area (Å²) in [7, 11) is 0. The van der Waals surface area contributed by atoms with E-state index < -0.39 is 52.5 Å². The molecule has 0 radical (unpaired) electrons. The van der Waals surface area contributed by atoms with Gasteiger partial charge in [-0.15, -0.1) is 0 Å².